The van der Waals surface area contributed by atoms with E-state index < -0.39 is 10.7 Å². The van der Waals surface area contributed by atoms with E-state index in [4.69, 9.17) is 0 Å². The predicted octanol–water partition coefficient (Wildman–Crippen LogP) is 4.63. The molecule has 3 aromatic rings. The van der Waals surface area contributed by atoms with Crippen molar-refractivity contribution in [3.05, 3.63) is 75.9 Å². The van der Waals surface area contributed by atoms with E-state index in [1.807, 2.05) is 32.0 Å². The SMILES string of the molecule is Cc1cc(C)cc(Nc2ncnc(Nc3ccc(F)cc3)c2[N+](=O)[O-])c1. The number of rotatable bonds is 5. The van der Waals surface area contributed by atoms with Crippen LogP contribution in [0.1, 0.15) is 11.1 Å². The van der Waals surface area contributed by atoms with Gasteiger partial charge in [-0.15, -0.1) is 0 Å². The molecule has 0 atom stereocenters. The summed E-state index contributed by atoms with van der Waals surface area (Å²) in [6.07, 6.45) is 1.23. The lowest BCUT2D eigenvalue weighted by molar-refractivity contribution is -0.383. The van der Waals surface area contributed by atoms with Crippen molar-refractivity contribution in [3.63, 3.8) is 0 Å². The number of nitrogens with one attached hydrogen (secondary N) is 2. The number of hydrogen-bond acceptors (Lipinski definition) is 6. The fourth-order valence-corrected chi connectivity index (χ4v) is 2.59. The standard InChI is InChI=1S/C18H16FN5O2/c1-11-7-12(2)9-15(8-11)23-18-16(24(25)26)17(20-10-21-18)22-14-5-3-13(19)4-6-14/h3-10H,1-2H3,(H2,20,21,22,23). The van der Waals surface area contributed by atoms with E-state index in [9.17, 15) is 14.5 Å². The van der Waals surface area contributed by atoms with Gasteiger partial charge in [0.2, 0.25) is 11.6 Å². The number of benzene rings is 2. The van der Waals surface area contributed by atoms with Crippen LogP contribution in [-0.2, 0) is 0 Å². The number of halogens is 1. The molecule has 2 N–H and O–H groups in total. The lowest BCUT2D eigenvalue weighted by Gasteiger charge is -2.11. The van der Waals surface area contributed by atoms with Crippen LogP contribution in [0.25, 0.3) is 0 Å². The van der Waals surface area contributed by atoms with Crippen molar-refractivity contribution >= 4 is 28.7 Å². The first-order valence-corrected chi connectivity index (χ1v) is 7.79. The van der Waals surface area contributed by atoms with Crippen LogP contribution in [0.2, 0.25) is 0 Å². The summed E-state index contributed by atoms with van der Waals surface area (Å²) in [6, 6.07) is 11.2. The Morgan fingerprint density at radius 2 is 1.46 bits per heavy atom. The summed E-state index contributed by atoms with van der Waals surface area (Å²) in [4.78, 5) is 19.0. The van der Waals surface area contributed by atoms with Crippen LogP contribution in [0.4, 0.5) is 33.1 Å². The predicted molar refractivity (Wildman–Crippen MR) is 97.6 cm³/mol. The largest absolute Gasteiger partial charge is 0.353 e. The van der Waals surface area contributed by atoms with E-state index in [0.29, 0.717) is 11.4 Å². The molecule has 0 radical (unpaired) electrons. The van der Waals surface area contributed by atoms with E-state index in [2.05, 4.69) is 20.6 Å². The third-order valence-electron chi connectivity index (χ3n) is 3.60. The highest BCUT2D eigenvalue weighted by atomic mass is 19.1. The number of anilines is 4. The monoisotopic (exact) mass is 353 g/mol. The minimum Gasteiger partial charge on any atom is -0.334 e. The Balaban J connectivity index is 1.98. The van der Waals surface area contributed by atoms with Gasteiger partial charge in [0.25, 0.3) is 0 Å². The molecule has 26 heavy (non-hydrogen) atoms. The van der Waals surface area contributed by atoms with Gasteiger partial charge < -0.3 is 10.6 Å². The van der Waals surface area contributed by atoms with E-state index in [1.165, 1.54) is 30.6 Å². The van der Waals surface area contributed by atoms with Crippen molar-refractivity contribution in [1.82, 2.24) is 9.97 Å². The average molecular weight is 353 g/mol. The lowest BCUT2D eigenvalue weighted by Crippen LogP contribution is -2.05. The van der Waals surface area contributed by atoms with Gasteiger partial charge in [-0.1, -0.05) is 6.07 Å². The average Bonchev–Trinajstić information content (AvgIpc) is 2.56. The van der Waals surface area contributed by atoms with Gasteiger partial charge in [0, 0.05) is 11.4 Å². The first kappa shape index (κ1) is 17.3. The molecule has 7 nitrogen and oxygen atoms in total. The van der Waals surface area contributed by atoms with Crippen molar-refractivity contribution in [3.8, 4) is 0 Å². The summed E-state index contributed by atoms with van der Waals surface area (Å²) < 4.78 is 13.0. The molecule has 0 bridgehead atoms. The summed E-state index contributed by atoms with van der Waals surface area (Å²) in [5, 5.41) is 17.4. The number of nitro groups is 1. The van der Waals surface area contributed by atoms with Gasteiger partial charge in [0.15, 0.2) is 0 Å². The van der Waals surface area contributed by atoms with Crippen LogP contribution in [0.5, 0.6) is 0 Å². The van der Waals surface area contributed by atoms with Crippen LogP contribution < -0.4 is 10.6 Å². The maximum Gasteiger partial charge on any atom is 0.353 e. The first-order valence-electron chi connectivity index (χ1n) is 7.79. The molecule has 0 aliphatic carbocycles. The Bertz CT molecular complexity index is 940. The summed E-state index contributed by atoms with van der Waals surface area (Å²) in [5.41, 5.74) is 2.92. The topological polar surface area (TPSA) is 93.0 Å². The Morgan fingerprint density at radius 1 is 0.923 bits per heavy atom. The van der Waals surface area contributed by atoms with Crippen LogP contribution in [0.3, 0.4) is 0 Å². The Hall–Kier alpha value is -3.55. The normalized spacial score (nSPS) is 10.4. The van der Waals surface area contributed by atoms with Crippen molar-refractivity contribution in [2.24, 2.45) is 0 Å². The van der Waals surface area contributed by atoms with Gasteiger partial charge in [-0.25, -0.2) is 14.4 Å². The highest BCUT2D eigenvalue weighted by Gasteiger charge is 2.23. The van der Waals surface area contributed by atoms with E-state index in [-0.39, 0.29) is 17.3 Å². The number of hydrogen-bond donors (Lipinski definition) is 2. The molecule has 0 aliphatic heterocycles. The maximum absolute atomic E-state index is 13.0. The summed E-state index contributed by atoms with van der Waals surface area (Å²) in [7, 11) is 0. The molecule has 0 saturated carbocycles. The number of aryl methyl sites for hydroxylation is 2. The quantitative estimate of drug-likeness (QED) is 0.513. The molecule has 132 valence electrons. The molecule has 0 aliphatic rings. The van der Waals surface area contributed by atoms with Gasteiger partial charge in [0.05, 0.1) is 4.92 Å². The lowest BCUT2D eigenvalue weighted by atomic mass is 10.1. The molecule has 1 aromatic heterocycles. The van der Waals surface area contributed by atoms with E-state index in [0.717, 1.165) is 11.1 Å². The third-order valence-corrected chi connectivity index (χ3v) is 3.60. The minimum absolute atomic E-state index is 0.0171. The zero-order valence-corrected chi connectivity index (χ0v) is 14.2. The van der Waals surface area contributed by atoms with Crippen LogP contribution >= 0.6 is 0 Å². The van der Waals surface area contributed by atoms with Crippen molar-refractivity contribution < 1.29 is 9.31 Å². The maximum atomic E-state index is 13.0. The third kappa shape index (κ3) is 3.92. The first-order chi connectivity index (χ1) is 12.4. The molecule has 2 aromatic carbocycles. The fraction of sp³-hybridized carbons (Fsp3) is 0.111. The van der Waals surface area contributed by atoms with Gasteiger partial charge in [0.1, 0.15) is 12.1 Å². The highest BCUT2D eigenvalue weighted by Crippen LogP contribution is 2.33. The van der Waals surface area contributed by atoms with Crippen LogP contribution in [-0.4, -0.2) is 14.9 Å². The van der Waals surface area contributed by atoms with Crippen molar-refractivity contribution in [2.75, 3.05) is 10.6 Å². The number of nitrogens with zero attached hydrogens (tertiary/aromatic N) is 3. The molecular weight excluding hydrogens is 337 g/mol. The van der Waals surface area contributed by atoms with E-state index in [1.54, 1.807) is 0 Å². The van der Waals surface area contributed by atoms with Crippen LogP contribution in [0, 0.1) is 29.8 Å². The van der Waals surface area contributed by atoms with Gasteiger partial charge in [-0.2, -0.15) is 0 Å². The zero-order valence-electron chi connectivity index (χ0n) is 14.2. The van der Waals surface area contributed by atoms with Crippen molar-refractivity contribution in [2.45, 2.75) is 13.8 Å². The smallest absolute Gasteiger partial charge is 0.334 e. The molecule has 0 unspecified atom stereocenters. The second kappa shape index (κ2) is 7.14. The second-order valence-electron chi connectivity index (χ2n) is 5.81. The summed E-state index contributed by atoms with van der Waals surface area (Å²) in [6.45, 7) is 3.88. The zero-order chi connectivity index (χ0) is 18.7. The van der Waals surface area contributed by atoms with Gasteiger partial charge in [-0.05, 0) is 61.4 Å². The molecule has 0 spiro atoms. The molecule has 3 rings (SSSR count). The molecule has 1 heterocycles. The molecule has 0 fully saturated rings. The highest BCUT2D eigenvalue weighted by molar-refractivity contribution is 5.76. The molecule has 0 amide bonds. The summed E-state index contributed by atoms with van der Waals surface area (Å²) in [5.74, 6) is -0.312. The molecule has 8 heteroatoms. The van der Waals surface area contributed by atoms with Gasteiger partial charge in [-0.3, -0.25) is 10.1 Å². The minimum atomic E-state index is -0.559. The second-order valence-corrected chi connectivity index (χ2v) is 5.81. The summed E-state index contributed by atoms with van der Waals surface area (Å²) >= 11 is 0. The Morgan fingerprint density at radius 3 is 2.00 bits per heavy atom. The molecule has 0 saturated heterocycles. The number of aromatic nitrogens is 2. The van der Waals surface area contributed by atoms with E-state index >= 15 is 0 Å². The Kier molecular flexibility index (Phi) is 4.74. The van der Waals surface area contributed by atoms with Crippen LogP contribution in [0.15, 0.2) is 48.8 Å². The Labute approximate surface area is 149 Å². The molecular formula is C18H16FN5O2. The fourth-order valence-electron chi connectivity index (χ4n) is 2.59. The van der Waals surface area contributed by atoms with Gasteiger partial charge >= 0.3 is 5.69 Å². The van der Waals surface area contributed by atoms with Crippen molar-refractivity contribution in [1.29, 1.82) is 0 Å².